The van der Waals surface area contributed by atoms with Crippen LogP contribution in [0.15, 0.2) is 42.2 Å². The molecule has 0 bridgehead atoms. The minimum absolute atomic E-state index is 0.517. The summed E-state index contributed by atoms with van der Waals surface area (Å²) in [6, 6.07) is 9.33. The molecule has 3 heteroatoms. The second kappa shape index (κ2) is 3.38. The lowest BCUT2D eigenvalue weighted by Crippen LogP contribution is -2.06. The quantitative estimate of drug-likeness (QED) is 0.716. The van der Waals surface area contributed by atoms with E-state index in [9.17, 15) is 9.67 Å². The second-order valence-corrected chi connectivity index (χ2v) is 6.61. The van der Waals surface area contributed by atoms with Crippen molar-refractivity contribution in [2.75, 3.05) is 6.16 Å². The van der Waals surface area contributed by atoms with E-state index < -0.39 is 13.2 Å². The van der Waals surface area contributed by atoms with Crippen molar-refractivity contribution in [3.05, 3.63) is 42.2 Å². The van der Waals surface area contributed by atoms with Gasteiger partial charge in [0.25, 0.3) is 0 Å². The van der Waals surface area contributed by atoms with Gasteiger partial charge in [-0.1, -0.05) is 36.9 Å². The summed E-state index contributed by atoms with van der Waals surface area (Å²) in [6.07, 6.45) is 0.545. The Hall–Kier alpha value is -0.850. The summed E-state index contributed by atoms with van der Waals surface area (Å²) in [4.78, 5) is 0. The molecule has 2 rings (SSSR count). The Labute approximate surface area is 83.6 Å². The van der Waals surface area contributed by atoms with Crippen molar-refractivity contribution in [2.45, 2.75) is 12.5 Å². The molecule has 1 aromatic rings. The minimum atomic E-state index is -2.51. The van der Waals surface area contributed by atoms with Crippen molar-refractivity contribution in [1.82, 2.24) is 0 Å². The molecule has 2 unspecified atom stereocenters. The van der Waals surface area contributed by atoms with Gasteiger partial charge in [0.1, 0.15) is 7.14 Å². The Morgan fingerprint density at radius 3 is 2.50 bits per heavy atom. The molecule has 0 spiro atoms. The topological polar surface area (TPSA) is 37.3 Å². The number of rotatable bonds is 1. The molecular formula is C11H13O2P. The van der Waals surface area contributed by atoms with Crippen LogP contribution in [0.5, 0.6) is 0 Å². The minimum Gasteiger partial charge on any atom is -0.388 e. The summed E-state index contributed by atoms with van der Waals surface area (Å²) in [5, 5.41) is 10.9. The van der Waals surface area contributed by atoms with Gasteiger partial charge in [-0.05, 0) is 6.42 Å². The normalized spacial score (nSPS) is 32.1. The molecule has 1 heterocycles. The third kappa shape index (κ3) is 1.35. The molecule has 0 saturated carbocycles. The van der Waals surface area contributed by atoms with E-state index in [1.165, 1.54) is 0 Å². The van der Waals surface area contributed by atoms with Gasteiger partial charge in [-0.25, -0.2) is 0 Å². The molecule has 2 atom stereocenters. The lowest BCUT2D eigenvalue weighted by molar-refractivity contribution is 0.222. The average Bonchev–Trinajstić information content (AvgIpc) is 2.49. The molecule has 1 aliphatic rings. The third-order valence-corrected chi connectivity index (χ3v) is 5.99. The standard InChI is InChI=1S/C11H13O2P/c1-9-11(12)7-8-14(9,13)10-5-3-2-4-6-10/h2-6,11-12H,1,7-8H2. The first-order chi connectivity index (χ1) is 6.64. The fourth-order valence-electron chi connectivity index (χ4n) is 1.82. The van der Waals surface area contributed by atoms with Crippen LogP contribution in [-0.2, 0) is 4.57 Å². The summed E-state index contributed by atoms with van der Waals surface area (Å²) in [6.45, 7) is 3.75. The SMILES string of the molecule is C=C1C(O)CCP1(=O)c1ccccc1. The maximum atomic E-state index is 12.5. The van der Waals surface area contributed by atoms with Gasteiger partial charge in [0.15, 0.2) is 0 Å². The van der Waals surface area contributed by atoms with E-state index in [1.54, 1.807) is 0 Å². The maximum Gasteiger partial charge on any atom is 0.141 e. The molecule has 1 saturated heterocycles. The van der Waals surface area contributed by atoms with Crippen LogP contribution < -0.4 is 5.30 Å². The number of aliphatic hydroxyl groups is 1. The summed E-state index contributed by atoms with van der Waals surface area (Å²) in [5.41, 5.74) is 0. The van der Waals surface area contributed by atoms with Crippen LogP contribution in [0, 0.1) is 0 Å². The zero-order valence-electron chi connectivity index (χ0n) is 7.89. The van der Waals surface area contributed by atoms with Gasteiger partial charge in [0, 0.05) is 16.8 Å². The highest BCUT2D eigenvalue weighted by Gasteiger charge is 2.38. The number of aliphatic hydroxyl groups excluding tert-OH is 1. The molecule has 2 nitrogen and oxygen atoms in total. The third-order valence-electron chi connectivity index (χ3n) is 2.74. The molecule has 0 aromatic heterocycles. The molecule has 1 fully saturated rings. The molecule has 0 amide bonds. The second-order valence-electron chi connectivity index (χ2n) is 3.59. The molecule has 0 radical (unpaired) electrons. The Morgan fingerprint density at radius 1 is 1.36 bits per heavy atom. The summed E-state index contributed by atoms with van der Waals surface area (Å²) in [5.74, 6) is 0. The van der Waals surface area contributed by atoms with E-state index in [4.69, 9.17) is 0 Å². The van der Waals surface area contributed by atoms with Gasteiger partial charge in [0.05, 0.1) is 6.10 Å². The van der Waals surface area contributed by atoms with E-state index in [0.717, 1.165) is 5.30 Å². The molecular weight excluding hydrogens is 195 g/mol. The first-order valence-electron chi connectivity index (χ1n) is 4.67. The highest BCUT2D eigenvalue weighted by Crippen LogP contribution is 2.59. The van der Waals surface area contributed by atoms with Crippen molar-refractivity contribution >= 4 is 12.4 Å². The highest BCUT2D eigenvalue weighted by atomic mass is 31.2. The predicted octanol–water partition coefficient (Wildman–Crippen LogP) is 1.95. The van der Waals surface area contributed by atoms with Crippen molar-refractivity contribution in [1.29, 1.82) is 0 Å². The first kappa shape index (κ1) is 9.70. The predicted molar refractivity (Wildman–Crippen MR) is 58.3 cm³/mol. The van der Waals surface area contributed by atoms with Gasteiger partial charge in [-0.3, -0.25) is 0 Å². The molecule has 1 aliphatic heterocycles. The Bertz CT molecular complexity index is 397. The van der Waals surface area contributed by atoms with Gasteiger partial charge in [-0.2, -0.15) is 0 Å². The van der Waals surface area contributed by atoms with E-state index in [0.29, 0.717) is 17.9 Å². The smallest absolute Gasteiger partial charge is 0.141 e. The molecule has 0 aliphatic carbocycles. The van der Waals surface area contributed by atoms with Gasteiger partial charge < -0.3 is 9.67 Å². The van der Waals surface area contributed by atoms with Crippen molar-refractivity contribution in [3.63, 3.8) is 0 Å². The zero-order valence-corrected chi connectivity index (χ0v) is 8.78. The van der Waals surface area contributed by atoms with Crippen molar-refractivity contribution < 1.29 is 9.67 Å². The van der Waals surface area contributed by atoms with Crippen LogP contribution in [0.2, 0.25) is 0 Å². The lowest BCUT2D eigenvalue weighted by Gasteiger charge is -2.13. The fraction of sp³-hybridized carbons (Fsp3) is 0.273. The maximum absolute atomic E-state index is 12.5. The molecule has 1 aromatic carbocycles. The van der Waals surface area contributed by atoms with E-state index in [1.807, 2.05) is 30.3 Å². The molecule has 1 N–H and O–H groups in total. The lowest BCUT2D eigenvalue weighted by atomic mass is 10.3. The average molecular weight is 208 g/mol. The number of hydrogen-bond donors (Lipinski definition) is 1. The Kier molecular flexibility index (Phi) is 2.34. The summed E-state index contributed by atoms with van der Waals surface area (Å²) in [7, 11) is -2.51. The highest BCUT2D eigenvalue weighted by molar-refractivity contribution is 7.75. The van der Waals surface area contributed by atoms with Gasteiger partial charge in [0.2, 0.25) is 0 Å². The molecule has 14 heavy (non-hydrogen) atoms. The Morgan fingerprint density at radius 2 is 2.00 bits per heavy atom. The largest absolute Gasteiger partial charge is 0.388 e. The van der Waals surface area contributed by atoms with Gasteiger partial charge >= 0.3 is 0 Å². The van der Waals surface area contributed by atoms with Crippen molar-refractivity contribution in [3.8, 4) is 0 Å². The van der Waals surface area contributed by atoms with Crippen LogP contribution >= 0.6 is 7.14 Å². The van der Waals surface area contributed by atoms with Crippen molar-refractivity contribution in [2.24, 2.45) is 0 Å². The Balaban J connectivity index is 2.45. The first-order valence-corrected chi connectivity index (χ1v) is 6.56. The van der Waals surface area contributed by atoms with Crippen LogP contribution in [0.3, 0.4) is 0 Å². The molecule has 74 valence electrons. The van der Waals surface area contributed by atoms with Crippen LogP contribution in [0.4, 0.5) is 0 Å². The van der Waals surface area contributed by atoms with E-state index in [-0.39, 0.29) is 0 Å². The zero-order chi connectivity index (χ0) is 10.2. The van der Waals surface area contributed by atoms with Crippen LogP contribution in [-0.4, -0.2) is 17.4 Å². The number of hydrogen-bond acceptors (Lipinski definition) is 2. The van der Waals surface area contributed by atoms with E-state index >= 15 is 0 Å². The van der Waals surface area contributed by atoms with Gasteiger partial charge in [-0.15, -0.1) is 0 Å². The summed E-state index contributed by atoms with van der Waals surface area (Å²) < 4.78 is 12.5. The monoisotopic (exact) mass is 208 g/mol. The number of benzene rings is 1. The van der Waals surface area contributed by atoms with Crippen LogP contribution in [0.25, 0.3) is 0 Å². The fourth-order valence-corrected chi connectivity index (χ4v) is 4.57. The van der Waals surface area contributed by atoms with E-state index in [2.05, 4.69) is 6.58 Å². The summed E-state index contributed by atoms with van der Waals surface area (Å²) >= 11 is 0. The van der Waals surface area contributed by atoms with Crippen LogP contribution in [0.1, 0.15) is 6.42 Å².